The number of carbonyl (C=O) groups excluding carboxylic acids is 1. The number of aromatic nitrogens is 4. The van der Waals surface area contributed by atoms with Crippen LogP contribution in [0.5, 0.6) is 0 Å². The topological polar surface area (TPSA) is 98.7 Å². The molecule has 0 aliphatic carbocycles. The van der Waals surface area contributed by atoms with Gasteiger partial charge in [-0.2, -0.15) is 4.68 Å². The maximum atomic E-state index is 12.2. The van der Waals surface area contributed by atoms with Crippen molar-refractivity contribution >= 4 is 11.6 Å². The Kier molecular flexibility index (Phi) is 3.80. The van der Waals surface area contributed by atoms with Gasteiger partial charge in [-0.3, -0.25) is 4.79 Å². The molecule has 1 aromatic carbocycles. The summed E-state index contributed by atoms with van der Waals surface area (Å²) in [6, 6.07) is 6.66. The van der Waals surface area contributed by atoms with Crippen molar-refractivity contribution in [2.75, 3.05) is 5.32 Å². The van der Waals surface area contributed by atoms with Gasteiger partial charge in [-0.1, -0.05) is 32.9 Å². The van der Waals surface area contributed by atoms with Gasteiger partial charge in [-0.25, -0.2) is 0 Å². The Morgan fingerprint density at radius 1 is 1.35 bits per heavy atom. The fraction of sp³-hybridized carbons (Fsp3) is 0.385. The number of hydrogen-bond donors (Lipinski definition) is 2. The highest BCUT2D eigenvalue weighted by Crippen LogP contribution is 2.22. The highest BCUT2D eigenvalue weighted by molar-refractivity contribution is 5.96. The summed E-state index contributed by atoms with van der Waals surface area (Å²) in [5.41, 5.74) is 6.94. The second kappa shape index (κ2) is 5.38. The molecule has 7 heteroatoms. The first-order valence-corrected chi connectivity index (χ1v) is 6.28. The van der Waals surface area contributed by atoms with Gasteiger partial charge in [0, 0.05) is 0 Å². The van der Waals surface area contributed by atoms with E-state index in [9.17, 15) is 4.79 Å². The molecule has 1 heterocycles. The van der Waals surface area contributed by atoms with E-state index in [1.54, 1.807) is 6.07 Å². The van der Waals surface area contributed by atoms with E-state index in [4.69, 9.17) is 5.73 Å². The Hall–Kier alpha value is -2.28. The Balaban J connectivity index is 2.25. The van der Waals surface area contributed by atoms with Crippen molar-refractivity contribution in [2.45, 2.75) is 26.8 Å². The van der Waals surface area contributed by atoms with Crippen LogP contribution in [0.3, 0.4) is 0 Å². The summed E-state index contributed by atoms with van der Waals surface area (Å²) in [6.45, 7) is 5.76. The van der Waals surface area contributed by atoms with Crippen molar-refractivity contribution in [3.8, 4) is 5.69 Å². The molecule has 0 radical (unpaired) electrons. The number of hydrogen-bond acceptors (Lipinski definition) is 5. The van der Waals surface area contributed by atoms with Crippen molar-refractivity contribution in [3.05, 3.63) is 30.6 Å². The first-order valence-electron chi connectivity index (χ1n) is 6.28. The van der Waals surface area contributed by atoms with Gasteiger partial charge in [-0.15, -0.1) is 5.10 Å². The number of carbonyl (C=O) groups is 1. The Morgan fingerprint density at radius 2 is 2.05 bits per heavy atom. The summed E-state index contributed by atoms with van der Waals surface area (Å²) in [6.07, 6.45) is 1.47. The van der Waals surface area contributed by atoms with Crippen molar-refractivity contribution in [1.29, 1.82) is 0 Å². The predicted molar refractivity (Wildman–Crippen MR) is 75.2 cm³/mol. The van der Waals surface area contributed by atoms with Gasteiger partial charge in [0.05, 0.1) is 17.4 Å². The van der Waals surface area contributed by atoms with Crippen LogP contribution in [0.2, 0.25) is 0 Å². The van der Waals surface area contributed by atoms with Crippen molar-refractivity contribution in [1.82, 2.24) is 20.2 Å². The monoisotopic (exact) mass is 274 g/mol. The number of nitrogens with one attached hydrogen (secondary N) is 1. The van der Waals surface area contributed by atoms with E-state index in [0.717, 1.165) is 0 Å². The summed E-state index contributed by atoms with van der Waals surface area (Å²) in [5.74, 6) is -0.238. The highest BCUT2D eigenvalue weighted by Gasteiger charge is 2.27. The molecule has 3 N–H and O–H groups in total. The van der Waals surface area contributed by atoms with Crippen molar-refractivity contribution in [2.24, 2.45) is 11.1 Å². The van der Waals surface area contributed by atoms with Gasteiger partial charge in [0.25, 0.3) is 0 Å². The third kappa shape index (κ3) is 3.00. The third-order valence-corrected chi connectivity index (χ3v) is 2.97. The molecule has 1 amide bonds. The minimum absolute atomic E-state index is 0.238. The number of nitrogens with two attached hydrogens (primary N) is 1. The molecule has 1 aromatic heterocycles. The summed E-state index contributed by atoms with van der Waals surface area (Å²) in [7, 11) is 0. The van der Waals surface area contributed by atoms with Crippen molar-refractivity contribution in [3.63, 3.8) is 0 Å². The van der Waals surface area contributed by atoms with Crippen LogP contribution < -0.4 is 11.1 Å². The van der Waals surface area contributed by atoms with E-state index in [-0.39, 0.29) is 11.3 Å². The van der Waals surface area contributed by atoms with Crippen LogP contribution >= 0.6 is 0 Å². The molecular formula is C13H18N6O. The Morgan fingerprint density at radius 3 is 2.65 bits per heavy atom. The normalized spacial score (nSPS) is 13.0. The molecule has 0 saturated carbocycles. The second-order valence-corrected chi connectivity index (χ2v) is 5.60. The minimum Gasteiger partial charge on any atom is -0.323 e. The summed E-state index contributed by atoms with van der Waals surface area (Å²) >= 11 is 0. The Bertz CT molecular complexity index is 587. The van der Waals surface area contributed by atoms with Crippen LogP contribution in [0.15, 0.2) is 30.6 Å². The molecule has 20 heavy (non-hydrogen) atoms. The molecule has 0 bridgehead atoms. The van der Waals surface area contributed by atoms with Gasteiger partial charge < -0.3 is 11.1 Å². The number of amides is 1. The van der Waals surface area contributed by atoms with Gasteiger partial charge in [0.2, 0.25) is 5.91 Å². The van der Waals surface area contributed by atoms with Crippen LogP contribution in [0.25, 0.3) is 5.69 Å². The number of nitrogens with zero attached hydrogens (tertiary/aromatic N) is 4. The van der Waals surface area contributed by atoms with Crippen molar-refractivity contribution < 1.29 is 4.79 Å². The molecule has 0 aliphatic rings. The quantitative estimate of drug-likeness (QED) is 0.869. The number of para-hydroxylation sites is 2. The van der Waals surface area contributed by atoms with E-state index in [2.05, 4.69) is 20.8 Å². The summed E-state index contributed by atoms with van der Waals surface area (Å²) < 4.78 is 1.48. The predicted octanol–water partition coefficient (Wildman–Crippen LogP) is 0.974. The highest BCUT2D eigenvalue weighted by atomic mass is 16.2. The molecule has 2 rings (SSSR count). The lowest BCUT2D eigenvalue weighted by Crippen LogP contribution is -2.45. The molecule has 0 spiro atoms. The largest absolute Gasteiger partial charge is 0.323 e. The van der Waals surface area contributed by atoms with Crippen LogP contribution in [0.1, 0.15) is 20.8 Å². The molecule has 7 nitrogen and oxygen atoms in total. The number of benzene rings is 1. The average molecular weight is 274 g/mol. The zero-order chi connectivity index (χ0) is 14.8. The zero-order valence-electron chi connectivity index (χ0n) is 11.7. The maximum absolute atomic E-state index is 12.2. The van der Waals surface area contributed by atoms with E-state index in [0.29, 0.717) is 11.4 Å². The van der Waals surface area contributed by atoms with Gasteiger partial charge >= 0.3 is 0 Å². The van der Waals surface area contributed by atoms with Crippen LogP contribution in [0.4, 0.5) is 5.69 Å². The molecule has 0 unspecified atom stereocenters. The third-order valence-electron chi connectivity index (χ3n) is 2.97. The molecule has 0 fully saturated rings. The smallest absolute Gasteiger partial charge is 0.241 e. The van der Waals surface area contributed by atoms with E-state index >= 15 is 0 Å². The first kappa shape index (κ1) is 14.1. The molecule has 0 aliphatic heterocycles. The van der Waals surface area contributed by atoms with Gasteiger partial charge in [-0.05, 0) is 28.0 Å². The van der Waals surface area contributed by atoms with Crippen LogP contribution in [0, 0.1) is 5.41 Å². The number of tetrazole rings is 1. The molecule has 0 saturated heterocycles. The van der Waals surface area contributed by atoms with Gasteiger partial charge in [0.15, 0.2) is 0 Å². The van der Waals surface area contributed by atoms with E-state index in [1.807, 2.05) is 39.0 Å². The summed E-state index contributed by atoms with van der Waals surface area (Å²) in [5, 5.41) is 13.8. The number of anilines is 1. The first-order chi connectivity index (χ1) is 9.39. The fourth-order valence-electron chi connectivity index (χ4n) is 1.65. The zero-order valence-corrected chi connectivity index (χ0v) is 11.7. The van der Waals surface area contributed by atoms with E-state index < -0.39 is 6.04 Å². The lowest BCUT2D eigenvalue weighted by atomic mass is 9.87. The lowest BCUT2D eigenvalue weighted by Gasteiger charge is -2.26. The SMILES string of the molecule is CC(C)(C)[C@H](N)C(=O)Nc1ccccc1-n1cnnn1. The minimum atomic E-state index is -0.607. The maximum Gasteiger partial charge on any atom is 0.241 e. The molecule has 106 valence electrons. The average Bonchev–Trinajstić information content (AvgIpc) is 2.91. The molecule has 2 aromatic rings. The van der Waals surface area contributed by atoms with Crippen LogP contribution in [-0.2, 0) is 4.79 Å². The second-order valence-electron chi connectivity index (χ2n) is 5.60. The fourth-order valence-corrected chi connectivity index (χ4v) is 1.65. The van der Waals surface area contributed by atoms with E-state index in [1.165, 1.54) is 11.0 Å². The van der Waals surface area contributed by atoms with Crippen LogP contribution in [-0.4, -0.2) is 32.2 Å². The lowest BCUT2D eigenvalue weighted by molar-refractivity contribution is -0.119. The molecule has 1 atom stereocenters. The number of rotatable bonds is 3. The summed E-state index contributed by atoms with van der Waals surface area (Å²) in [4.78, 5) is 12.2. The molecular weight excluding hydrogens is 256 g/mol. The standard InChI is InChI=1S/C13H18N6O/c1-13(2,3)11(14)12(20)16-9-6-4-5-7-10(9)19-8-15-17-18-19/h4-8,11H,14H2,1-3H3,(H,16,20)/t11-/m1/s1. The Labute approximate surface area is 117 Å². The van der Waals surface area contributed by atoms with Gasteiger partial charge in [0.1, 0.15) is 6.33 Å².